The van der Waals surface area contributed by atoms with E-state index in [0.29, 0.717) is 15.3 Å². The maximum Gasteiger partial charge on any atom is 0.435 e. The van der Waals surface area contributed by atoms with Crippen LogP contribution in [0.4, 0.5) is 17.6 Å². The molecule has 146 valence electrons. The van der Waals surface area contributed by atoms with Crippen LogP contribution in [0.3, 0.4) is 0 Å². The molecule has 0 unspecified atom stereocenters. The summed E-state index contributed by atoms with van der Waals surface area (Å²) < 4.78 is 54.1. The number of hydrogen-bond acceptors (Lipinski definition) is 3. The van der Waals surface area contributed by atoms with Crippen LogP contribution in [0.1, 0.15) is 21.7 Å². The molecule has 0 fully saturated rings. The summed E-state index contributed by atoms with van der Waals surface area (Å²) in [6, 6.07) is 8.63. The lowest BCUT2D eigenvalue weighted by molar-refractivity contribution is -0.143. The summed E-state index contributed by atoms with van der Waals surface area (Å²) in [5, 5.41) is 9.72. The molecule has 0 spiro atoms. The second kappa shape index (κ2) is 7.76. The van der Waals surface area contributed by atoms with Gasteiger partial charge < -0.3 is 5.32 Å². The topological polar surface area (TPSA) is 59.8 Å². The number of nitrogens with one attached hydrogen (secondary N) is 1. The van der Waals surface area contributed by atoms with Crippen LogP contribution < -0.4 is 5.32 Å². The number of carbonyl (C=O) groups is 1. The van der Waals surface area contributed by atoms with Crippen LogP contribution in [0.25, 0.3) is 5.69 Å². The van der Waals surface area contributed by atoms with Crippen molar-refractivity contribution in [2.24, 2.45) is 0 Å². The Morgan fingerprint density at radius 3 is 2.39 bits per heavy atom. The molecule has 0 aliphatic rings. The molecule has 1 N–H and O–H groups in total. The minimum atomic E-state index is -4.93. The van der Waals surface area contributed by atoms with E-state index in [2.05, 4.69) is 15.6 Å². The van der Waals surface area contributed by atoms with Gasteiger partial charge in [-0.05, 0) is 42.0 Å². The first kappa shape index (κ1) is 20.1. The predicted molar refractivity (Wildman–Crippen MR) is 94.0 cm³/mol. The minimum Gasteiger partial charge on any atom is -0.346 e. The fraction of sp³-hybridized carbons (Fsp3) is 0.118. The predicted octanol–water partition coefficient (Wildman–Crippen LogP) is 4.66. The Labute approximate surface area is 165 Å². The fourth-order valence-electron chi connectivity index (χ4n) is 2.38. The van der Waals surface area contributed by atoms with Gasteiger partial charge in [-0.3, -0.25) is 4.79 Å². The molecule has 1 aromatic heterocycles. The van der Waals surface area contributed by atoms with Gasteiger partial charge in [0.05, 0.1) is 5.69 Å². The minimum absolute atomic E-state index is 0.0963. The van der Waals surface area contributed by atoms with Gasteiger partial charge in [-0.2, -0.15) is 13.2 Å². The van der Waals surface area contributed by atoms with Crippen LogP contribution in [-0.4, -0.2) is 20.9 Å². The highest BCUT2D eigenvalue weighted by molar-refractivity contribution is 6.35. The third-order valence-electron chi connectivity index (χ3n) is 3.68. The lowest BCUT2D eigenvalue weighted by Crippen LogP contribution is -2.27. The lowest BCUT2D eigenvalue weighted by Gasteiger charge is -2.11. The highest BCUT2D eigenvalue weighted by Crippen LogP contribution is 2.32. The van der Waals surface area contributed by atoms with Crippen molar-refractivity contribution in [2.75, 3.05) is 0 Å². The summed E-state index contributed by atoms with van der Waals surface area (Å²) in [7, 11) is 0. The second-order valence-corrected chi connectivity index (χ2v) is 6.43. The van der Waals surface area contributed by atoms with Crippen molar-refractivity contribution in [1.29, 1.82) is 0 Å². The van der Waals surface area contributed by atoms with Gasteiger partial charge in [0, 0.05) is 16.6 Å². The molecule has 0 atom stereocenters. The summed E-state index contributed by atoms with van der Waals surface area (Å²) in [6.45, 7) is -0.143. The third kappa shape index (κ3) is 4.26. The maximum absolute atomic E-state index is 13.5. The highest BCUT2D eigenvalue weighted by Gasteiger charge is 2.42. The first-order chi connectivity index (χ1) is 13.2. The Balaban J connectivity index is 1.90. The van der Waals surface area contributed by atoms with Crippen LogP contribution in [-0.2, 0) is 12.7 Å². The Bertz CT molecular complexity index is 1020. The monoisotopic (exact) mass is 432 g/mol. The average Bonchev–Trinajstić information content (AvgIpc) is 3.07. The molecule has 0 bridgehead atoms. The quantitative estimate of drug-likeness (QED) is 0.609. The maximum atomic E-state index is 13.5. The number of nitrogens with zero attached hydrogens (tertiary/aromatic N) is 3. The molecule has 1 amide bonds. The molecule has 0 radical (unpaired) electrons. The molecule has 11 heteroatoms. The summed E-state index contributed by atoms with van der Waals surface area (Å²) >= 11 is 11.8. The zero-order chi connectivity index (χ0) is 20.5. The van der Waals surface area contributed by atoms with Gasteiger partial charge in [0.25, 0.3) is 5.91 Å². The number of halogens is 6. The van der Waals surface area contributed by atoms with E-state index in [0.717, 1.165) is 24.3 Å². The van der Waals surface area contributed by atoms with Crippen LogP contribution in [0.15, 0.2) is 42.5 Å². The van der Waals surface area contributed by atoms with Crippen molar-refractivity contribution < 1.29 is 22.4 Å². The van der Waals surface area contributed by atoms with Gasteiger partial charge in [0.1, 0.15) is 5.82 Å². The van der Waals surface area contributed by atoms with Crippen molar-refractivity contribution >= 4 is 29.1 Å². The van der Waals surface area contributed by atoms with E-state index < -0.39 is 29.3 Å². The van der Waals surface area contributed by atoms with Gasteiger partial charge in [-0.25, -0.2) is 9.07 Å². The molecule has 28 heavy (non-hydrogen) atoms. The normalized spacial score (nSPS) is 11.5. The zero-order valence-electron chi connectivity index (χ0n) is 13.8. The number of alkyl halides is 3. The standard InChI is InChI=1S/C17H10Cl2F4N4O/c18-10-2-1-9(13(19)7-10)8-24-16(28)14-15(17(21,22)23)27(26-25-14)12-5-3-11(20)4-6-12/h1-7H,8H2,(H,24,28). The average molecular weight is 433 g/mol. The van der Waals surface area contributed by atoms with Crippen molar-refractivity contribution in [1.82, 2.24) is 20.3 Å². The summed E-state index contributed by atoms with van der Waals surface area (Å²) in [6.07, 6.45) is -4.93. The summed E-state index contributed by atoms with van der Waals surface area (Å²) in [4.78, 5) is 12.3. The summed E-state index contributed by atoms with van der Waals surface area (Å²) in [5.74, 6) is -1.72. The molecule has 0 saturated carbocycles. The van der Waals surface area contributed by atoms with Crippen molar-refractivity contribution in [3.05, 3.63) is 75.3 Å². The van der Waals surface area contributed by atoms with Crippen molar-refractivity contribution in [2.45, 2.75) is 12.7 Å². The zero-order valence-corrected chi connectivity index (χ0v) is 15.3. The number of rotatable bonds is 4. The van der Waals surface area contributed by atoms with Crippen LogP contribution in [0.5, 0.6) is 0 Å². The van der Waals surface area contributed by atoms with Crippen LogP contribution in [0, 0.1) is 5.82 Å². The van der Waals surface area contributed by atoms with E-state index in [4.69, 9.17) is 23.2 Å². The smallest absolute Gasteiger partial charge is 0.346 e. The SMILES string of the molecule is O=C(NCc1ccc(Cl)cc1Cl)c1nnn(-c2ccc(F)cc2)c1C(F)(F)F. The van der Waals surface area contributed by atoms with Gasteiger partial charge in [0.2, 0.25) is 0 Å². The van der Waals surface area contributed by atoms with Crippen molar-refractivity contribution in [3.8, 4) is 5.69 Å². The highest BCUT2D eigenvalue weighted by atomic mass is 35.5. The molecular formula is C17H10Cl2F4N4O. The molecule has 3 rings (SSSR count). The van der Waals surface area contributed by atoms with Crippen LogP contribution >= 0.6 is 23.2 Å². The van der Waals surface area contributed by atoms with Crippen molar-refractivity contribution in [3.63, 3.8) is 0 Å². The Morgan fingerprint density at radius 1 is 1.11 bits per heavy atom. The lowest BCUT2D eigenvalue weighted by atomic mass is 10.2. The second-order valence-electron chi connectivity index (χ2n) is 5.59. The molecule has 5 nitrogen and oxygen atoms in total. The van der Waals surface area contributed by atoms with E-state index >= 15 is 0 Å². The first-order valence-electron chi connectivity index (χ1n) is 7.68. The number of benzene rings is 2. The largest absolute Gasteiger partial charge is 0.435 e. The Morgan fingerprint density at radius 2 is 1.79 bits per heavy atom. The van der Waals surface area contributed by atoms with Crippen LogP contribution in [0.2, 0.25) is 10.0 Å². The third-order valence-corrected chi connectivity index (χ3v) is 4.27. The molecule has 1 heterocycles. The number of aromatic nitrogens is 3. The molecule has 0 aliphatic carbocycles. The van der Waals surface area contributed by atoms with E-state index in [9.17, 15) is 22.4 Å². The summed E-state index contributed by atoms with van der Waals surface area (Å²) in [5.41, 5.74) is -1.93. The fourth-order valence-corrected chi connectivity index (χ4v) is 2.85. The Hall–Kier alpha value is -2.65. The van der Waals surface area contributed by atoms with Gasteiger partial charge >= 0.3 is 6.18 Å². The first-order valence-corrected chi connectivity index (χ1v) is 8.43. The molecule has 2 aromatic carbocycles. The van der Waals surface area contributed by atoms with E-state index in [-0.39, 0.29) is 17.3 Å². The van der Waals surface area contributed by atoms with Gasteiger partial charge in [-0.1, -0.05) is 34.5 Å². The van der Waals surface area contributed by atoms with E-state index in [1.54, 1.807) is 0 Å². The Kier molecular flexibility index (Phi) is 5.57. The number of amides is 1. The van der Waals surface area contributed by atoms with E-state index in [1.807, 2.05) is 0 Å². The molecule has 3 aromatic rings. The number of carbonyl (C=O) groups excluding carboxylic acids is 1. The molecular weight excluding hydrogens is 423 g/mol. The van der Waals surface area contributed by atoms with Gasteiger partial charge in [-0.15, -0.1) is 5.10 Å². The number of hydrogen-bond donors (Lipinski definition) is 1. The van der Waals surface area contributed by atoms with Gasteiger partial charge in [0.15, 0.2) is 11.4 Å². The van der Waals surface area contributed by atoms with E-state index in [1.165, 1.54) is 18.2 Å². The molecule has 0 saturated heterocycles. The molecule has 0 aliphatic heterocycles.